The average Bonchev–Trinajstić information content (AvgIpc) is 3.20. The molecule has 2 heterocycles. The lowest BCUT2D eigenvalue weighted by atomic mass is 9.95. The number of benzene rings is 2. The summed E-state index contributed by atoms with van der Waals surface area (Å²) in [6.45, 7) is 0.598. The van der Waals surface area contributed by atoms with Crippen molar-refractivity contribution in [3.05, 3.63) is 71.5 Å². The quantitative estimate of drug-likeness (QED) is 0.719. The van der Waals surface area contributed by atoms with Gasteiger partial charge in [-0.1, -0.05) is 6.07 Å². The fourth-order valence-electron chi connectivity index (χ4n) is 3.64. The lowest BCUT2D eigenvalue weighted by Crippen LogP contribution is -2.36. The summed E-state index contributed by atoms with van der Waals surface area (Å²) >= 11 is 0. The number of hydrogen-bond donors (Lipinski definition) is 1. The Labute approximate surface area is 167 Å². The Balaban J connectivity index is 1.46. The van der Waals surface area contributed by atoms with E-state index in [1.807, 2.05) is 6.07 Å². The van der Waals surface area contributed by atoms with Crippen molar-refractivity contribution in [2.24, 2.45) is 5.73 Å². The van der Waals surface area contributed by atoms with Crippen LogP contribution in [0.15, 0.2) is 53.1 Å². The van der Waals surface area contributed by atoms with E-state index in [2.05, 4.69) is 4.98 Å². The smallest absolute Gasteiger partial charge is 0.249 e. The Kier molecular flexibility index (Phi) is 5.12. The predicted octanol–water partition coefficient (Wildman–Crippen LogP) is 3.49. The zero-order chi connectivity index (χ0) is 20.4. The number of primary amides is 1. The maximum Gasteiger partial charge on any atom is 0.249 e. The average molecular weight is 393 g/mol. The normalized spacial score (nSPS) is 13.2. The first-order valence-electron chi connectivity index (χ1n) is 9.45. The number of oxazole rings is 1. The largest absolute Gasteiger partial charge is 0.441 e. The molecular formula is C22H20FN3O3. The Morgan fingerprint density at radius 2 is 1.97 bits per heavy atom. The van der Waals surface area contributed by atoms with E-state index in [-0.39, 0.29) is 18.1 Å². The number of rotatable bonds is 5. The number of nitrogens with two attached hydrogens (primary N) is 1. The van der Waals surface area contributed by atoms with Gasteiger partial charge in [0.1, 0.15) is 5.82 Å². The minimum Gasteiger partial charge on any atom is -0.441 e. The van der Waals surface area contributed by atoms with Crippen molar-refractivity contribution in [3.63, 3.8) is 0 Å². The molecule has 2 N–H and O–H groups in total. The molecule has 0 saturated carbocycles. The van der Waals surface area contributed by atoms with Crippen LogP contribution in [0.3, 0.4) is 0 Å². The SMILES string of the molecule is NC(=O)c1cccc2c1CCCN2C(=O)CCc1ncc(-c2ccc(F)cc2)o1. The summed E-state index contributed by atoms with van der Waals surface area (Å²) in [5.41, 5.74) is 8.24. The van der Waals surface area contributed by atoms with E-state index < -0.39 is 5.91 Å². The Morgan fingerprint density at radius 3 is 2.72 bits per heavy atom. The lowest BCUT2D eigenvalue weighted by molar-refractivity contribution is -0.118. The summed E-state index contributed by atoms with van der Waals surface area (Å²) in [6, 6.07) is 11.2. The number of aromatic nitrogens is 1. The van der Waals surface area contributed by atoms with Gasteiger partial charge < -0.3 is 15.1 Å². The molecule has 7 heteroatoms. The Hall–Kier alpha value is -3.48. The van der Waals surface area contributed by atoms with Crippen LogP contribution in [-0.2, 0) is 17.6 Å². The van der Waals surface area contributed by atoms with Gasteiger partial charge >= 0.3 is 0 Å². The van der Waals surface area contributed by atoms with Crippen LogP contribution in [-0.4, -0.2) is 23.3 Å². The fraction of sp³-hybridized carbons (Fsp3) is 0.227. The van der Waals surface area contributed by atoms with Crippen LogP contribution in [0.25, 0.3) is 11.3 Å². The second kappa shape index (κ2) is 7.87. The fourth-order valence-corrected chi connectivity index (χ4v) is 3.64. The molecule has 0 spiro atoms. The number of hydrogen-bond acceptors (Lipinski definition) is 4. The number of nitrogens with zero attached hydrogens (tertiary/aromatic N) is 2. The van der Waals surface area contributed by atoms with Gasteiger partial charge in [-0.3, -0.25) is 9.59 Å². The molecule has 1 aliphatic rings. The lowest BCUT2D eigenvalue weighted by Gasteiger charge is -2.30. The van der Waals surface area contributed by atoms with Gasteiger partial charge in [0.25, 0.3) is 0 Å². The second-order valence-corrected chi connectivity index (χ2v) is 6.94. The van der Waals surface area contributed by atoms with Crippen LogP contribution in [0.5, 0.6) is 0 Å². The van der Waals surface area contributed by atoms with Crippen LogP contribution >= 0.6 is 0 Å². The van der Waals surface area contributed by atoms with Crippen LogP contribution < -0.4 is 10.6 Å². The van der Waals surface area contributed by atoms with Crippen molar-refractivity contribution in [3.8, 4) is 11.3 Å². The molecule has 6 nitrogen and oxygen atoms in total. The molecule has 0 atom stereocenters. The van der Waals surface area contributed by atoms with Crippen LogP contribution in [0.2, 0.25) is 0 Å². The molecule has 0 aliphatic carbocycles. The molecular weight excluding hydrogens is 373 g/mol. The minimum absolute atomic E-state index is 0.0610. The van der Waals surface area contributed by atoms with E-state index in [0.29, 0.717) is 30.2 Å². The highest BCUT2D eigenvalue weighted by molar-refractivity contribution is 6.00. The molecule has 148 valence electrons. The molecule has 0 radical (unpaired) electrons. The molecule has 29 heavy (non-hydrogen) atoms. The van der Waals surface area contributed by atoms with Crippen LogP contribution in [0.1, 0.15) is 34.7 Å². The zero-order valence-electron chi connectivity index (χ0n) is 15.7. The highest BCUT2D eigenvalue weighted by atomic mass is 19.1. The number of carbonyl (C=O) groups excluding carboxylic acids is 2. The monoisotopic (exact) mass is 393 g/mol. The van der Waals surface area contributed by atoms with Gasteiger partial charge in [-0.2, -0.15) is 0 Å². The molecule has 0 fully saturated rings. The zero-order valence-corrected chi connectivity index (χ0v) is 15.7. The topological polar surface area (TPSA) is 89.4 Å². The van der Waals surface area contributed by atoms with Crippen molar-refractivity contribution >= 4 is 17.5 Å². The van der Waals surface area contributed by atoms with Crippen molar-refractivity contribution in [1.82, 2.24) is 4.98 Å². The minimum atomic E-state index is -0.482. The summed E-state index contributed by atoms with van der Waals surface area (Å²) in [4.78, 5) is 30.4. The Bertz CT molecular complexity index is 1060. The van der Waals surface area contributed by atoms with Crippen molar-refractivity contribution in [2.75, 3.05) is 11.4 Å². The van der Waals surface area contributed by atoms with Gasteiger partial charge in [-0.25, -0.2) is 9.37 Å². The number of amides is 2. The Morgan fingerprint density at radius 1 is 1.17 bits per heavy atom. The third-order valence-electron chi connectivity index (χ3n) is 5.05. The molecule has 4 rings (SSSR count). The van der Waals surface area contributed by atoms with Gasteiger partial charge in [-0.15, -0.1) is 0 Å². The summed E-state index contributed by atoms with van der Waals surface area (Å²) in [7, 11) is 0. The molecule has 1 aliphatic heterocycles. The molecule has 1 aromatic heterocycles. The molecule has 2 aromatic carbocycles. The van der Waals surface area contributed by atoms with Gasteiger partial charge in [0.2, 0.25) is 11.8 Å². The van der Waals surface area contributed by atoms with Crippen molar-refractivity contribution in [1.29, 1.82) is 0 Å². The molecule has 0 unspecified atom stereocenters. The van der Waals surface area contributed by atoms with Gasteiger partial charge in [0.05, 0.1) is 6.20 Å². The van der Waals surface area contributed by atoms with Crippen LogP contribution in [0, 0.1) is 5.82 Å². The highest BCUT2D eigenvalue weighted by Crippen LogP contribution is 2.30. The maximum absolute atomic E-state index is 13.1. The predicted molar refractivity (Wildman–Crippen MR) is 106 cm³/mol. The standard InChI is InChI=1S/C22H20FN3O3/c23-15-8-6-14(7-9-15)19-13-25-20(29-19)10-11-21(27)26-12-2-4-16-17(22(24)28)3-1-5-18(16)26/h1,3,5-9,13H,2,4,10-12H2,(H2,24,28). The summed E-state index contributed by atoms with van der Waals surface area (Å²) in [5.74, 6) is 0.112. The van der Waals surface area contributed by atoms with E-state index in [1.54, 1.807) is 35.4 Å². The maximum atomic E-state index is 13.1. The first kappa shape index (κ1) is 18.9. The molecule has 2 amide bonds. The van der Waals surface area contributed by atoms with E-state index in [1.165, 1.54) is 12.1 Å². The number of aryl methyl sites for hydroxylation is 1. The third-order valence-corrected chi connectivity index (χ3v) is 5.05. The van der Waals surface area contributed by atoms with Gasteiger partial charge in [-0.05, 0) is 54.8 Å². The molecule has 3 aromatic rings. The van der Waals surface area contributed by atoms with Crippen LogP contribution in [0.4, 0.5) is 10.1 Å². The van der Waals surface area contributed by atoms with E-state index in [4.69, 9.17) is 10.2 Å². The third kappa shape index (κ3) is 3.89. The first-order valence-corrected chi connectivity index (χ1v) is 9.45. The van der Waals surface area contributed by atoms with Crippen molar-refractivity contribution < 1.29 is 18.4 Å². The van der Waals surface area contributed by atoms with E-state index in [9.17, 15) is 14.0 Å². The molecule has 0 saturated heterocycles. The number of anilines is 1. The van der Waals surface area contributed by atoms with E-state index in [0.717, 1.165) is 29.7 Å². The molecule has 0 bridgehead atoms. The second-order valence-electron chi connectivity index (χ2n) is 6.94. The first-order chi connectivity index (χ1) is 14.0. The number of carbonyl (C=O) groups is 2. The number of fused-ring (bicyclic) bond motifs is 1. The van der Waals surface area contributed by atoms with E-state index >= 15 is 0 Å². The van der Waals surface area contributed by atoms with Gasteiger partial charge in [0, 0.05) is 36.2 Å². The summed E-state index contributed by atoms with van der Waals surface area (Å²) in [5, 5.41) is 0. The van der Waals surface area contributed by atoms with Crippen molar-refractivity contribution in [2.45, 2.75) is 25.7 Å². The summed E-state index contributed by atoms with van der Waals surface area (Å²) < 4.78 is 18.8. The number of halogens is 1. The summed E-state index contributed by atoms with van der Waals surface area (Å²) in [6.07, 6.45) is 3.64. The highest BCUT2D eigenvalue weighted by Gasteiger charge is 2.25. The van der Waals surface area contributed by atoms with Gasteiger partial charge in [0.15, 0.2) is 11.7 Å².